The summed E-state index contributed by atoms with van der Waals surface area (Å²) in [6, 6.07) is 21.1. The Hall–Kier alpha value is -3.57. The molecule has 0 spiro atoms. The first-order chi connectivity index (χ1) is 18.7. The molecule has 0 fully saturated rings. The first kappa shape index (κ1) is 29.4. The van der Waals surface area contributed by atoms with Gasteiger partial charge in [0.2, 0.25) is 0 Å². The summed E-state index contributed by atoms with van der Waals surface area (Å²) in [7, 11) is 0. The normalized spacial score (nSPS) is 11.4. The molecule has 0 aliphatic heterocycles. The van der Waals surface area contributed by atoms with Crippen LogP contribution < -0.4 is 0 Å². The molecule has 2 aromatic heterocycles. The van der Waals surface area contributed by atoms with E-state index in [-0.39, 0.29) is 26.8 Å². The van der Waals surface area contributed by atoms with Crippen molar-refractivity contribution < 1.29 is 26.2 Å². The maximum absolute atomic E-state index is 10.3. The molecule has 0 saturated carbocycles. The van der Waals surface area contributed by atoms with Crippen LogP contribution in [0.15, 0.2) is 60.9 Å². The summed E-state index contributed by atoms with van der Waals surface area (Å²) in [6.45, 7) is 15.2. The number of aromatic nitrogens is 6. The standard InChI is InChI=1S/C32H35N6O.Pt/c1-19(2)25-16-26(20(3)4)30(27(17-25)21(5)6)38-32(33-18-34-38)24-12-10-11-23(15-24)31-35-22(7)37(36-31)28-13-8-9-14-29(28)39;/h8-14,16-21,39H,1-7H3;/q-1;. The van der Waals surface area contributed by atoms with E-state index in [2.05, 4.69) is 74.8 Å². The summed E-state index contributed by atoms with van der Waals surface area (Å²) in [6.07, 6.45) is 1.61. The van der Waals surface area contributed by atoms with Crippen molar-refractivity contribution in [1.29, 1.82) is 0 Å². The van der Waals surface area contributed by atoms with Crippen molar-refractivity contribution >= 4 is 0 Å². The van der Waals surface area contributed by atoms with E-state index in [1.165, 1.54) is 16.7 Å². The second-order valence-corrected chi connectivity index (χ2v) is 10.9. The zero-order chi connectivity index (χ0) is 27.8. The van der Waals surface area contributed by atoms with Crippen molar-refractivity contribution in [3.05, 3.63) is 89.5 Å². The van der Waals surface area contributed by atoms with Gasteiger partial charge in [0.05, 0.1) is 11.5 Å². The smallest absolute Gasteiger partial charge is 0.141 e. The predicted octanol–water partition coefficient (Wildman–Crippen LogP) is 7.36. The maximum Gasteiger partial charge on any atom is 0.141 e. The van der Waals surface area contributed by atoms with E-state index in [1.807, 2.05) is 41.9 Å². The van der Waals surface area contributed by atoms with Crippen LogP contribution in [0, 0.1) is 13.0 Å². The molecule has 1 N–H and O–H groups in total. The molecule has 3 aromatic carbocycles. The molecular weight excluding hydrogens is 679 g/mol. The molecule has 0 unspecified atom stereocenters. The van der Waals surface area contributed by atoms with Crippen molar-refractivity contribution in [3.63, 3.8) is 0 Å². The predicted molar refractivity (Wildman–Crippen MR) is 155 cm³/mol. The Morgan fingerprint density at radius 2 is 1.45 bits per heavy atom. The van der Waals surface area contributed by atoms with Crippen LogP contribution in [-0.4, -0.2) is 34.6 Å². The second kappa shape index (κ2) is 11.9. The van der Waals surface area contributed by atoms with Crippen LogP contribution in [-0.2, 0) is 21.1 Å². The number of hydrogen-bond acceptors (Lipinski definition) is 5. The van der Waals surface area contributed by atoms with E-state index in [0.717, 1.165) is 22.6 Å². The van der Waals surface area contributed by atoms with Gasteiger partial charge in [-0.2, -0.15) is 10.2 Å². The SMILES string of the molecule is Cc1nc(-c2[c-]c(-c3ncnn3-c3c(C(C)C)cc(C(C)C)cc3C(C)C)ccc2)nn1-c1ccccc1O.[Pt]. The number of nitrogens with zero attached hydrogens (tertiary/aromatic N) is 6. The summed E-state index contributed by atoms with van der Waals surface area (Å²) < 4.78 is 3.61. The Kier molecular flexibility index (Phi) is 8.74. The molecule has 7 nitrogen and oxygen atoms in total. The number of hydrogen-bond donors (Lipinski definition) is 1. The van der Waals surface area contributed by atoms with E-state index in [4.69, 9.17) is 5.10 Å². The molecule has 5 aromatic rings. The molecule has 0 amide bonds. The Bertz CT molecular complexity index is 1600. The number of para-hydroxylation sites is 2. The number of aryl methyl sites for hydroxylation is 1. The average Bonchev–Trinajstić information content (AvgIpc) is 3.55. The minimum absolute atomic E-state index is 0. The number of phenolic OH excluding ortho intramolecular Hbond substituents is 1. The molecule has 5 rings (SSSR count). The second-order valence-electron chi connectivity index (χ2n) is 10.9. The van der Waals surface area contributed by atoms with Crippen LogP contribution in [0.4, 0.5) is 0 Å². The first-order valence-electron chi connectivity index (χ1n) is 13.5. The van der Waals surface area contributed by atoms with Gasteiger partial charge >= 0.3 is 0 Å². The van der Waals surface area contributed by atoms with Gasteiger partial charge in [0.1, 0.15) is 29.4 Å². The van der Waals surface area contributed by atoms with Gasteiger partial charge in [0, 0.05) is 21.1 Å². The summed E-state index contributed by atoms with van der Waals surface area (Å²) in [5.74, 6) is 3.12. The molecule has 8 heteroatoms. The fraction of sp³-hybridized carbons (Fsp3) is 0.312. The van der Waals surface area contributed by atoms with Gasteiger partial charge in [0.25, 0.3) is 0 Å². The Morgan fingerprint density at radius 3 is 2.08 bits per heavy atom. The van der Waals surface area contributed by atoms with E-state index in [0.29, 0.717) is 35.1 Å². The van der Waals surface area contributed by atoms with Gasteiger partial charge in [0.15, 0.2) is 0 Å². The van der Waals surface area contributed by atoms with Crippen molar-refractivity contribution in [2.45, 2.75) is 66.2 Å². The minimum Gasteiger partial charge on any atom is -0.506 e. The Balaban J connectivity index is 0.00000370. The van der Waals surface area contributed by atoms with Crippen molar-refractivity contribution in [3.8, 4) is 39.9 Å². The molecule has 40 heavy (non-hydrogen) atoms. The molecule has 210 valence electrons. The van der Waals surface area contributed by atoms with Crippen molar-refractivity contribution in [2.24, 2.45) is 0 Å². The Labute approximate surface area is 250 Å². The zero-order valence-corrected chi connectivity index (χ0v) is 26.2. The summed E-state index contributed by atoms with van der Waals surface area (Å²) in [5.41, 5.74) is 7.06. The largest absolute Gasteiger partial charge is 0.506 e. The topological polar surface area (TPSA) is 81.7 Å². The first-order valence-corrected chi connectivity index (χ1v) is 13.5. The third-order valence-electron chi connectivity index (χ3n) is 7.02. The van der Waals surface area contributed by atoms with Crippen LogP contribution in [0.3, 0.4) is 0 Å². The number of phenols is 1. The Morgan fingerprint density at radius 1 is 0.800 bits per heavy atom. The van der Waals surface area contributed by atoms with Gasteiger partial charge in [-0.3, -0.25) is 9.97 Å². The molecule has 0 saturated heterocycles. The van der Waals surface area contributed by atoms with Crippen LogP contribution in [0.25, 0.3) is 34.2 Å². The van der Waals surface area contributed by atoms with Gasteiger partial charge in [-0.1, -0.05) is 76.9 Å². The van der Waals surface area contributed by atoms with Crippen LogP contribution in [0.1, 0.15) is 81.8 Å². The monoisotopic (exact) mass is 714 g/mol. The van der Waals surface area contributed by atoms with Gasteiger partial charge in [-0.05, 0) is 53.5 Å². The fourth-order valence-electron chi connectivity index (χ4n) is 4.86. The van der Waals surface area contributed by atoms with E-state index < -0.39 is 0 Å². The van der Waals surface area contributed by atoms with Crippen molar-refractivity contribution in [1.82, 2.24) is 29.5 Å². The molecular formula is C32H35N6OPt-. The van der Waals surface area contributed by atoms with Crippen molar-refractivity contribution in [2.75, 3.05) is 0 Å². The third-order valence-corrected chi connectivity index (χ3v) is 7.02. The quantitative estimate of drug-likeness (QED) is 0.178. The molecule has 0 aliphatic carbocycles. The maximum atomic E-state index is 10.3. The van der Waals surface area contributed by atoms with E-state index in [9.17, 15) is 5.11 Å². The van der Waals surface area contributed by atoms with E-state index >= 15 is 0 Å². The van der Waals surface area contributed by atoms with Crippen LogP contribution in [0.5, 0.6) is 5.75 Å². The zero-order valence-electron chi connectivity index (χ0n) is 24.0. The molecule has 0 radical (unpaired) electrons. The number of rotatable bonds is 7. The van der Waals surface area contributed by atoms with Gasteiger partial charge in [-0.15, -0.1) is 24.3 Å². The number of benzene rings is 3. The molecule has 0 bridgehead atoms. The average molecular weight is 715 g/mol. The minimum atomic E-state index is 0. The number of aromatic hydroxyl groups is 1. The summed E-state index contributed by atoms with van der Waals surface area (Å²) in [4.78, 5) is 9.35. The van der Waals surface area contributed by atoms with Gasteiger partial charge < -0.3 is 5.11 Å². The summed E-state index contributed by atoms with van der Waals surface area (Å²) >= 11 is 0. The molecule has 0 atom stereocenters. The fourth-order valence-corrected chi connectivity index (χ4v) is 4.86. The van der Waals surface area contributed by atoms with Crippen LogP contribution >= 0.6 is 0 Å². The molecule has 2 heterocycles. The van der Waals surface area contributed by atoms with E-state index in [1.54, 1.807) is 23.1 Å². The molecule has 0 aliphatic rings. The van der Waals surface area contributed by atoms with Gasteiger partial charge in [-0.25, -0.2) is 9.36 Å². The summed E-state index contributed by atoms with van der Waals surface area (Å²) in [5, 5.41) is 19.7. The third kappa shape index (κ3) is 5.53. The van der Waals surface area contributed by atoms with Crippen LogP contribution in [0.2, 0.25) is 0 Å².